The fourth-order valence-electron chi connectivity index (χ4n) is 3.69. The number of nitrogens with zero attached hydrogens (tertiary/aromatic N) is 4. The van der Waals surface area contributed by atoms with E-state index >= 15 is 0 Å². The van der Waals surface area contributed by atoms with Crippen molar-refractivity contribution in [3.05, 3.63) is 51.9 Å². The van der Waals surface area contributed by atoms with E-state index in [0.29, 0.717) is 23.7 Å². The third-order valence-electron chi connectivity index (χ3n) is 5.19. The second-order valence-corrected chi connectivity index (χ2v) is 9.06. The SMILES string of the molecule is Cc1cc(=O)n2nc(N3CCCC(C(=O)NCc4ccc(OC(C)C)cc4)C3)sc2n1. The van der Waals surface area contributed by atoms with E-state index in [1.807, 2.05) is 38.1 Å². The van der Waals surface area contributed by atoms with Gasteiger partial charge in [-0.05, 0) is 51.3 Å². The van der Waals surface area contributed by atoms with E-state index < -0.39 is 0 Å². The summed E-state index contributed by atoms with van der Waals surface area (Å²) in [7, 11) is 0. The summed E-state index contributed by atoms with van der Waals surface area (Å²) in [6, 6.07) is 9.27. The standard InChI is InChI=1S/C22H27N5O3S/c1-14(2)30-18-8-6-16(7-9-18)12-23-20(29)17-5-4-10-26(13-17)22-25-27-19(28)11-15(3)24-21(27)31-22/h6-9,11,14,17H,4-5,10,12-13H2,1-3H3,(H,23,29). The first-order valence-corrected chi connectivity index (χ1v) is 11.4. The molecule has 9 heteroatoms. The summed E-state index contributed by atoms with van der Waals surface area (Å²) in [4.78, 5) is 32.0. The lowest BCUT2D eigenvalue weighted by Gasteiger charge is -2.31. The number of rotatable bonds is 6. The molecule has 0 bridgehead atoms. The zero-order chi connectivity index (χ0) is 22.0. The van der Waals surface area contributed by atoms with Crippen molar-refractivity contribution in [2.24, 2.45) is 5.92 Å². The minimum Gasteiger partial charge on any atom is -0.491 e. The Labute approximate surface area is 184 Å². The van der Waals surface area contributed by atoms with Gasteiger partial charge in [-0.1, -0.05) is 23.5 Å². The van der Waals surface area contributed by atoms with Crippen LogP contribution in [-0.4, -0.2) is 39.7 Å². The number of amides is 1. The van der Waals surface area contributed by atoms with Crippen LogP contribution in [0, 0.1) is 12.8 Å². The molecule has 8 nitrogen and oxygen atoms in total. The van der Waals surface area contributed by atoms with Gasteiger partial charge in [-0.2, -0.15) is 4.52 Å². The summed E-state index contributed by atoms with van der Waals surface area (Å²) >= 11 is 1.38. The van der Waals surface area contributed by atoms with Gasteiger partial charge in [0.25, 0.3) is 5.56 Å². The van der Waals surface area contributed by atoms with Crippen molar-refractivity contribution in [3.63, 3.8) is 0 Å². The van der Waals surface area contributed by atoms with Gasteiger partial charge in [0.1, 0.15) is 5.75 Å². The lowest BCUT2D eigenvalue weighted by Crippen LogP contribution is -2.43. The number of hydrogen-bond acceptors (Lipinski definition) is 7. The number of ether oxygens (including phenoxy) is 1. The molecule has 4 rings (SSSR count). The van der Waals surface area contributed by atoms with Gasteiger partial charge >= 0.3 is 0 Å². The van der Waals surface area contributed by atoms with E-state index in [0.717, 1.165) is 35.8 Å². The second kappa shape index (κ2) is 9.05. The number of carbonyl (C=O) groups is 1. The average molecular weight is 442 g/mol. The Balaban J connectivity index is 1.37. The maximum Gasteiger partial charge on any atom is 0.275 e. The normalized spacial score (nSPS) is 16.6. The molecule has 1 aliphatic rings. The van der Waals surface area contributed by atoms with Crippen LogP contribution in [0.1, 0.15) is 37.9 Å². The van der Waals surface area contributed by atoms with E-state index in [1.165, 1.54) is 21.9 Å². The number of aryl methyl sites for hydroxylation is 1. The molecular formula is C22H27N5O3S. The van der Waals surface area contributed by atoms with Crippen LogP contribution < -0.4 is 20.5 Å². The second-order valence-electron chi connectivity index (χ2n) is 8.13. The molecule has 1 fully saturated rings. The molecule has 0 spiro atoms. The van der Waals surface area contributed by atoms with Gasteiger partial charge in [-0.3, -0.25) is 9.59 Å². The Hall–Kier alpha value is -2.94. The van der Waals surface area contributed by atoms with Crippen LogP contribution in [0.2, 0.25) is 0 Å². The topological polar surface area (TPSA) is 88.8 Å². The van der Waals surface area contributed by atoms with Gasteiger partial charge in [0.2, 0.25) is 16.0 Å². The van der Waals surface area contributed by atoms with E-state index in [2.05, 4.69) is 20.3 Å². The molecule has 0 radical (unpaired) electrons. The zero-order valence-corrected chi connectivity index (χ0v) is 18.8. The largest absolute Gasteiger partial charge is 0.491 e. The summed E-state index contributed by atoms with van der Waals surface area (Å²) in [5, 5.41) is 8.22. The number of aromatic nitrogens is 3. The molecule has 1 atom stereocenters. The molecule has 3 aromatic rings. The lowest BCUT2D eigenvalue weighted by molar-refractivity contribution is -0.125. The Morgan fingerprint density at radius 3 is 2.84 bits per heavy atom. The summed E-state index contributed by atoms with van der Waals surface area (Å²) < 4.78 is 6.99. The minimum absolute atomic E-state index is 0.0412. The highest BCUT2D eigenvalue weighted by atomic mass is 32.1. The number of benzene rings is 1. The van der Waals surface area contributed by atoms with Crippen LogP contribution >= 0.6 is 11.3 Å². The zero-order valence-electron chi connectivity index (χ0n) is 18.0. The quantitative estimate of drug-likeness (QED) is 0.633. The molecule has 1 unspecified atom stereocenters. The molecular weight excluding hydrogens is 414 g/mol. The molecule has 0 saturated carbocycles. The Kier molecular flexibility index (Phi) is 6.22. The third kappa shape index (κ3) is 5.04. The van der Waals surface area contributed by atoms with Crippen molar-refractivity contribution >= 4 is 27.3 Å². The van der Waals surface area contributed by atoms with Crippen molar-refractivity contribution in [2.45, 2.75) is 46.3 Å². The molecule has 31 heavy (non-hydrogen) atoms. The van der Waals surface area contributed by atoms with E-state index in [9.17, 15) is 9.59 Å². The number of fused-ring (bicyclic) bond motifs is 1. The summed E-state index contributed by atoms with van der Waals surface area (Å²) in [6.45, 7) is 7.66. The lowest BCUT2D eigenvalue weighted by atomic mass is 9.97. The van der Waals surface area contributed by atoms with Gasteiger partial charge in [-0.25, -0.2) is 4.98 Å². The molecule has 1 aliphatic heterocycles. The van der Waals surface area contributed by atoms with Crippen molar-refractivity contribution in [3.8, 4) is 5.75 Å². The number of hydrogen-bond donors (Lipinski definition) is 1. The number of carbonyl (C=O) groups excluding carboxylic acids is 1. The first-order chi connectivity index (χ1) is 14.9. The first kappa shape index (κ1) is 21.3. The summed E-state index contributed by atoms with van der Waals surface area (Å²) in [6.07, 6.45) is 1.87. The fraction of sp³-hybridized carbons (Fsp3) is 0.455. The molecule has 2 aromatic heterocycles. The smallest absolute Gasteiger partial charge is 0.275 e. The van der Waals surface area contributed by atoms with Crippen LogP contribution in [0.4, 0.5) is 5.13 Å². The maximum atomic E-state index is 12.8. The van der Waals surface area contributed by atoms with Gasteiger partial charge < -0.3 is 15.0 Å². The molecule has 3 heterocycles. The summed E-state index contributed by atoms with van der Waals surface area (Å²) in [5.41, 5.74) is 1.53. The predicted octanol–water partition coefficient (Wildman–Crippen LogP) is 2.78. The first-order valence-electron chi connectivity index (χ1n) is 10.5. The molecule has 1 aromatic carbocycles. The maximum absolute atomic E-state index is 12.8. The monoisotopic (exact) mass is 441 g/mol. The summed E-state index contributed by atoms with van der Waals surface area (Å²) in [5.74, 6) is 0.753. The molecule has 1 saturated heterocycles. The molecule has 164 valence electrons. The van der Waals surface area contributed by atoms with Gasteiger partial charge in [-0.15, -0.1) is 5.10 Å². The number of piperidine rings is 1. The molecule has 0 aliphatic carbocycles. The van der Waals surface area contributed by atoms with Crippen molar-refractivity contribution in [1.29, 1.82) is 0 Å². The van der Waals surface area contributed by atoms with Crippen molar-refractivity contribution in [1.82, 2.24) is 19.9 Å². The van der Waals surface area contributed by atoms with Crippen LogP contribution in [0.3, 0.4) is 0 Å². The number of nitrogens with one attached hydrogen (secondary N) is 1. The van der Waals surface area contributed by atoms with Gasteiger partial charge in [0, 0.05) is 31.4 Å². The van der Waals surface area contributed by atoms with Crippen LogP contribution in [-0.2, 0) is 11.3 Å². The minimum atomic E-state index is -0.180. The van der Waals surface area contributed by atoms with E-state index in [-0.39, 0.29) is 23.5 Å². The number of anilines is 1. The Morgan fingerprint density at radius 1 is 1.32 bits per heavy atom. The molecule has 1 N–H and O–H groups in total. The Morgan fingerprint density at radius 2 is 2.10 bits per heavy atom. The van der Waals surface area contributed by atoms with Gasteiger partial charge in [0.05, 0.1) is 12.0 Å². The highest BCUT2D eigenvalue weighted by Crippen LogP contribution is 2.27. The van der Waals surface area contributed by atoms with Crippen molar-refractivity contribution < 1.29 is 9.53 Å². The van der Waals surface area contributed by atoms with Crippen LogP contribution in [0.15, 0.2) is 35.1 Å². The third-order valence-corrected chi connectivity index (χ3v) is 6.16. The van der Waals surface area contributed by atoms with Gasteiger partial charge in [0.15, 0.2) is 0 Å². The average Bonchev–Trinajstić information content (AvgIpc) is 3.17. The van der Waals surface area contributed by atoms with E-state index in [4.69, 9.17) is 4.74 Å². The highest BCUT2D eigenvalue weighted by molar-refractivity contribution is 7.20. The highest BCUT2D eigenvalue weighted by Gasteiger charge is 2.27. The van der Waals surface area contributed by atoms with Crippen LogP contribution in [0.25, 0.3) is 4.96 Å². The molecule has 1 amide bonds. The van der Waals surface area contributed by atoms with E-state index in [1.54, 1.807) is 6.92 Å². The van der Waals surface area contributed by atoms with Crippen LogP contribution in [0.5, 0.6) is 5.75 Å². The van der Waals surface area contributed by atoms with Crippen molar-refractivity contribution in [2.75, 3.05) is 18.0 Å². The Bertz CT molecular complexity index is 1120. The fourth-order valence-corrected chi connectivity index (χ4v) is 4.68. The predicted molar refractivity (Wildman–Crippen MR) is 121 cm³/mol.